The van der Waals surface area contributed by atoms with Crippen molar-refractivity contribution in [3.05, 3.63) is 58.6 Å². The number of benzene rings is 2. The predicted octanol–water partition coefficient (Wildman–Crippen LogP) is 4.44. The second-order valence-electron chi connectivity index (χ2n) is 4.99. The molecule has 0 aliphatic heterocycles. The van der Waals surface area contributed by atoms with Gasteiger partial charge in [0.25, 0.3) is 5.91 Å². The number of hydrogen-bond acceptors (Lipinski definition) is 5. The summed E-state index contributed by atoms with van der Waals surface area (Å²) in [4.78, 5) is 21.4. The van der Waals surface area contributed by atoms with Crippen molar-refractivity contribution in [3.8, 4) is 0 Å². The highest BCUT2D eigenvalue weighted by molar-refractivity contribution is 9.10. The Morgan fingerprint density at radius 2 is 2.00 bits per heavy atom. The molecule has 7 heteroatoms. The highest BCUT2D eigenvalue weighted by Gasteiger charge is 2.08. The summed E-state index contributed by atoms with van der Waals surface area (Å²) in [5.41, 5.74) is 2.50. The van der Waals surface area contributed by atoms with Gasteiger partial charge >= 0.3 is 0 Å². The molecule has 0 unspecified atom stereocenters. The van der Waals surface area contributed by atoms with Gasteiger partial charge in [0.2, 0.25) is 0 Å². The van der Waals surface area contributed by atoms with Crippen LogP contribution in [-0.2, 0) is 9.63 Å². The summed E-state index contributed by atoms with van der Waals surface area (Å²) in [6.45, 7) is 1.67. The average Bonchev–Trinajstić information content (AvgIpc) is 2.97. The number of nitrogens with zero attached hydrogens (tertiary/aromatic N) is 2. The lowest BCUT2D eigenvalue weighted by molar-refractivity contribution is -0.120. The number of para-hydroxylation sites is 1. The van der Waals surface area contributed by atoms with Gasteiger partial charge in [-0.15, -0.1) is 0 Å². The normalized spacial score (nSPS) is 11.5. The van der Waals surface area contributed by atoms with E-state index >= 15 is 0 Å². The fourth-order valence-electron chi connectivity index (χ4n) is 2.01. The highest BCUT2D eigenvalue weighted by Crippen LogP contribution is 2.25. The molecule has 3 rings (SSSR count). The number of nitrogens with one attached hydrogen (secondary N) is 1. The minimum absolute atomic E-state index is 0.163. The second kappa shape index (κ2) is 7.55. The van der Waals surface area contributed by atoms with Crippen LogP contribution in [0, 0.1) is 0 Å². The lowest BCUT2D eigenvalue weighted by Gasteiger charge is -2.03. The molecule has 1 amide bonds. The van der Waals surface area contributed by atoms with Crippen molar-refractivity contribution < 1.29 is 9.63 Å². The topological polar surface area (TPSA) is 63.6 Å². The smallest absolute Gasteiger partial charge is 0.266 e. The third-order valence-corrected chi connectivity index (χ3v) is 4.68. The highest BCUT2D eigenvalue weighted by atomic mass is 79.9. The summed E-state index contributed by atoms with van der Waals surface area (Å²) in [5, 5.41) is 7.25. The zero-order valence-corrected chi connectivity index (χ0v) is 15.2. The molecule has 1 N–H and O–H groups in total. The number of oxime groups is 1. The van der Waals surface area contributed by atoms with Gasteiger partial charge < -0.3 is 4.84 Å². The van der Waals surface area contributed by atoms with Gasteiger partial charge in [0.05, 0.1) is 15.9 Å². The zero-order chi connectivity index (χ0) is 16.9. The van der Waals surface area contributed by atoms with Gasteiger partial charge in [-0.3, -0.25) is 10.1 Å². The van der Waals surface area contributed by atoms with E-state index in [4.69, 9.17) is 4.84 Å². The number of rotatable bonds is 5. The first-order valence-electron chi connectivity index (χ1n) is 7.20. The lowest BCUT2D eigenvalue weighted by atomic mass is 10.1. The molecule has 0 spiro atoms. The minimum atomic E-state index is -0.290. The molecular formula is C17H14BrN3O2S. The maximum atomic E-state index is 11.9. The Bertz CT molecular complexity index is 857. The van der Waals surface area contributed by atoms with Gasteiger partial charge in [-0.1, -0.05) is 56.7 Å². The van der Waals surface area contributed by atoms with Crippen molar-refractivity contribution in [2.45, 2.75) is 6.92 Å². The van der Waals surface area contributed by atoms with Crippen molar-refractivity contribution in [1.82, 2.24) is 4.98 Å². The van der Waals surface area contributed by atoms with Crippen molar-refractivity contribution >= 4 is 54.2 Å². The number of anilines is 1. The van der Waals surface area contributed by atoms with Gasteiger partial charge in [0.1, 0.15) is 0 Å². The third-order valence-electron chi connectivity index (χ3n) is 3.20. The van der Waals surface area contributed by atoms with E-state index in [0.717, 1.165) is 20.3 Å². The van der Waals surface area contributed by atoms with Gasteiger partial charge in [0.15, 0.2) is 11.7 Å². The minimum Gasteiger partial charge on any atom is -0.385 e. The number of amides is 1. The van der Waals surface area contributed by atoms with Crippen LogP contribution in [0.25, 0.3) is 10.2 Å². The Kier molecular flexibility index (Phi) is 5.22. The molecule has 5 nitrogen and oxygen atoms in total. The molecule has 0 saturated heterocycles. The van der Waals surface area contributed by atoms with Crippen LogP contribution in [-0.4, -0.2) is 23.2 Å². The molecule has 0 aliphatic rings. The van der Waals surface area contributed by atoms with Gasteiger partial charge in [-0.25, -0.2) is 4.98 Å². The second-order valence-corrected chi connectivity index (χ2v) is 6.94. The number of fused-ring (bicyclic) bond motifs is 1. The Labute approximate surface area is 151 Å². The summed E-state index contributed by atoms with van der Waals surface area (Å²) < 4.78 is 2.02. The largest absolute Gasteiger partial charge is 0.385 e. The van der Waals surface area contributed by atoms with Crippen molar-refractivity contribution in [1.29, 1.82) is 0 Å². The molecule has 0 aliphatic carbocycles. The number of hydrogen-bond donors (Lipinski definition) is 1. The van der Waals surface area contributed by atoms with E-state index in [-0.39, 0.29) is 12.5 Å². The Morgan fingerprint density at radius 1 is 1.25 bits per heavy atom. The molecule has 0 bridgehead atoms. The Morgan fingerprint density at radius 3 is 2.75 bits per heavy atom. The molecule has 3 aromatic rings. The zero-order valence-electron chi connectivity index (χ0n) is 12.8. The first-order chi connectivity index (χ1) is 11.6. The summed E-state index contributed by atoms with van der Waals surface area (Å²) in [7, 11) is 0. The van der Waals surface area contributed by atoms with E-state index in [1.807, 2.05) is 55.5 Å². The standard InChI is InChI=1S/C17H14BrN3O2S/c1-11(12-6-8-13(18)9-7-12)21-23-10-16(22)20-17-19-14-4-2-3-5-15(14)24-17/h2-9H,10H2,1H3,(H,19,20,22). The van der Waals surface area contributed by atoms with Crippen LogP contribution in [0.2, 0.25) is 0 Å². The molecule has 2 aromatic carbocycles. The van der Waals surface area contributed by atoms with Crippen LogP contribution in [0.1, 0.15) is 12.5 Å². The van der Waals surface area contributed by atoms with Crippen molar-refractivity contribution in [3.63, 3.8) is 0 Å². The van der Waals surface area contributed by atoms with Gasteiger partial charge in [0, 0.05) is 4.47 Å². The summed E-state index contributed by atoms with van der Waals surface area (Å²) in [6.07, 6.45) is 0. The summed E-state index contributed by atoms with van der Waals surface area (Å²) in [6, 6.07) is 15.4. The lowest BCUT2D eigenvalue weighted by Crippen LogP contribution is -2.17. The first kappa shape index (κ1) is 16.6. The third kappa shape index (κ3) is 4.18. The quantitative estimate of drug-likeness (QED) is 0.505. The van der Waals surface area contributed by atoms with Gasteiger partial charge in [-0.05, 0) is 36.8 Å². The van der Waals surface area contributed by atoms with Crippen LogP contribution < -0.4 is 5.32 Å². The molecule has 24 heavy (non-hydrogen) atoms. The van der Waals surface area contributed by atoms with E-state index < -0.39 is 0 Å². The molecule has 122 valence electrons. The van der Waals surface area contributed by atoms with Gasteiger partial charge in [-0.2, -0.15) is 0 Å². The number of carbonyl (C=O) groups excluding carboxylic acids is 1. The SMILES string of the molecule is CC(=NOCC(=O)Nc1nc2ccccc2s1)c1ccc(Br)cc1. The van der Waals surface area contributed by atoms with E-state index in [9.17, 15) is 4.79 Å². The number of halogens is 1. The predicted molar refractivity (Wildman–Crippen MR) is 101 cm³/mol. The van der Waals surface area contributed by atoms with Crippen LogP contribution in [0.15, 0.2) is 58.2 Å². The molecule has 0 saturated carbocycles. The van der Waals surface area contributed by atoms with E-state index in [2.05, 4.69) is 31.4 Å². The molecule has 0 atom stereocenters. The average molecular weight is 404 g/mol. The Balaban J connectivity index is 1.55. The fourth-order valence-corrected chi connectivity index (χ4v) is 3.16. The Hall–Kier alpha value is -2.25. The molecule has 0 radical (unpaired) electrons. The van der Waals surface area contributed by atoms with Crippen molar-refractivity contribution in [2.24, 2.45) is 5.16 Å². The molecular weight excluding hydrogens is 390 g/mol. The first-order valence-corrected chi connectivity index (χ1v) is 8.81. The monoisotopic (exact) mass is 403 g/mol. The summed E-state index contributed by atoms with van der Waals surface area (Å²) >= 11 is 4.81. The maximum Gasteiger partial charge on any atom is 0.266 e. The van der Waals surface area contributed by atoms with Crippen LogP contribution in [0.5, 0.6) is 0 Å². The fraction of sp³-hybridized carbons (Fsp3) is 0.118. The maximum absolute atomic E-state index is 11.9. The van der Waals surface area contributed by atoms with Crippen LogP contribution in [0.3, 0.4) is 0 Å². The van der Waals surface area contributed by atoms with Crippen LogP contribution >= 0.6 is 27.3 Å². The molecule has 1 aromatic heterocycles. The van der Waals surface area contributed by atoms with E-state index in [1.165, 1.54) is 11.3 Å². The van der Waals surface area contributed by atoms with E-state index in [0.29, 0.717) is 10.8 Å². The van der Waals surface area contributed by atoms with E-state index in [1.54, 1.807) is 0 Å². The molecule has 0 fully saturated rings. The van der Waals surface area contributed by atoms with Crippen molar-refractivity contribution in [2.75, 3.05) is 11.9 Å². The molecule has 1 heterocycles. The summed E-state index contributed by atoms with van der Waals surface area (Å²) in [5.74, 6) is -0.290. The number of thiazole rings is 1. The number of aromatic nitrogens is 1. The van der Waals surface area contributed by atoms with Crippen LogP contribution in [0.4, 0.5) is 5.13 Å². The number of carbonyl (C=O) groups is 1.